The Morgan fingerprint density at radius 1 is 1.42 bits per heavy atom. The van der Waals surface area contributed by atoms with Crippen LogP contribution in [0, 0.1) is 5.82 Å². The van der Waals surface area contributed by atoms with Crippen LogP contribution in [0.1, 0.15) is 23.2 Å². The molecule has 106 valence electrons. The maximum atomic E-state index is 13.6. The summed E-state index contributed by atoms with van der Waals surface area (Å²) in [6, 6.07) is 2.27. The molecule has 1 aromatic carbocycles. The summed E-state index contributed by atoms with van der Waals surface area (Å²) in [6.45, 7) is 1.56. The van der Waals surface area contributed by atoms with E-state index in [0.717, 1.165) is 25.5 Å². The van der Waals surface area contributed by atoms with Gasteiger partial charge in [-0.3, -0.25) is 0 Å². The number of nitrogens with one attached hydrogen (secondary N) is 1. The molecule has 6 heteroatoms. The lowest BCUT2D eigenvalue weighted by molar-refractivity contribution is 0.0698. The zero-order chi connectivity index (χ0) is 14.4. The first-order valence-corrected chi connectivity index (χ1v) is 6.12. The zero-order valence-corrected chi connectivity index (χ0v) is 11.2. The molecule has 0 aliphatic heterocycles. The van der Waals surface area contributed by atoms with Crippen LogP contribution in [0.5, 0.6) is 0 Å². The van der Waals surface area contributed by atoms with Gasteiger partial charge in [0.05, 0.1) is 11.3 Å². The molecule has 0 bridgehead atoms. The fraction of sp³-hybridized carbons (Fsp3) is 0.462. The van der Waals surface area contributed by atoms with Crippen LogP contribution in [0.4, 0.5) is 15.8 Å². The van der Waals surface area contributed by atoms with Gasteiger partial charge in [0, 0.05) is 12.2 Å². The van der Waals surface area contributed by atoms with Crippen molar-refractivity contribution in [1.29, 1.82) is 0 Å². The van der Waals surface area contributed by atoms with Crippen molar-refractivity contribution in [2.75, 3.05) is 38.2 Å². The fourth-order valence-electron chi connectivity index (χ4n) is 1.69. The molecule has 0 spiro atoms. The number of hydrogen-bond acceptors (Lipinski definition) is 4. The monoisotopic (exact) mass is 269 g/mol. The number of nitrogens with zero attached hydrogens (tertiary/aromatic N) is 1. The van der Waals surface area contributed by atoms with Gasteiger partial charge in [-0.1, -0.05) is 0 Å². The molecule has 0 fully saturated rings. The average molecular weight is 269 g/mol. The quantitative estimate of drug-likeness (QED) is 0.520. The Morgan fingerprint density at radius 2 is 2.11 bits per heavy atom. The molecule has 0 saturated carbocycles. The van der Waals surface area contributed by atoms with Gasteiger partial charge in [-0.2, -0.15) is 0 Å². The SMILES string of the molecule is CN(C)CCCCNc1cc(C(=O)O)c(N)cc1F. The smallest absolute Gasteiger partial charge is 0.337 e. The molecule has 0 saturated heterocycles. The highest BCUT2D eigenvalue weighted by atomic mass is 19.1. The molecule has 0 aliphatic carbocycles. The van der Waals surface area contributed by atoms with Crippen molar-refractivity contribution in [3.63, 3.8) is 0 Å². The Morgan fingerprint density at radius 3 is 2.68 bits per heavy atom. The summed E-state index contributed by atoms with van der Waals surface area (Å²) in [5.41, 5.74) is 5.47. The highest BCUT2D eigenvalue weighted by Gasteiger charge is 2.12. The molecule has 0 heterocycles. The minimum absolute atomic E-state index is 0.0665. The highest BCUT2D eigenvalue weighted by molar-refractivity contribution is 5.94. The molecule has 19 heavy (non-hydrogen) atoms. The van der Waals surface area contributed by atoms with Crippen molar-refractivity contribution >= 4 is 17.3 Å². The Kier molecular flexibility index (Phi) is 5.57. The molecule has 4 N–H and O–H groups in total. The molecule has 0 amide bonds. The van der Waals surface area contributed by atoms with Crippen LogP contribution in [-0.2, 0) is 0 Å². The number of carbonyl (C=O) groups is 1. The Hall–Kier alpha value is -1.82. The first-order chi connectivity index (χ1) is 8.91. The van der Waals surface area contributed by atoms with Crippen LogP contribution in [-0.4, -0.2) is 43.2 Å². The van der Waals surface area contributed by atoms with Gasteiger partial charge in [-0.25, -0.2) is 9.18 Å². The third-order valence-corrected chi connectivity index (χ3v) is 2.72. The molecule has 0 unspecified atom stereocenters. The van der Waals surface area contributed by atoms with E-state index in [1.54, 1.807) is 0 Å². The summed E-state index contributed by atoms with van der Waals surface area (Å²) < 4.78 is 13.6. The minimum atomic E-state index is -1.16. The second-order valence-electron chi connectivity index (χ2n) is 4.66. The van der Waals surface area contributed by atoms with E-state index in [4.69, 9.17) is 10.8 Å². The fourth-order valence-corrected chi connectivity index (χ4v) is 1.69. The van der Waals surface area contributed by atoms with Crippen LogP contribution in [0.3, 0.4) is 0 Å². The molecule has 0 radical (unpaired) electrons. The Balaban J connectivity index is 2.58. The van der Waals surface area contributed by atoms with Crippen LogP contribution >= 0.6 is 0 Å². The predicted octanol–water partition coefficient (Wildman–Crippen LogP) is 1.86. The lowest BCUT2D eigenvalue weighted by Gasteiger charge is -2.11. The molecule has 5 nitrogen and oxygen atoms in total. The average Bonchev–Trinajstić information content (AvgIpc) is 2.30. The molecule has 0 aliphatic rings. The second kappa shape index (κ2) is 6.94. The van der Waals surface area contributed by atoms with Crippen molar-refractivity contribution < 1.29 is 14.3 Å². The molecule has 1 rings (SSSR count). The van der Waals surface area contributed by atoms with E-state index in [2.05, 4.69) is 10.2 Å². The number of nitrogen functional groups attached to an aromatic ring is 1. The van der Waals surface area contributed by atoms with Crippen molar-refractivity contribution in [2.24, 2.45) is 0 Å². The van der Waals surface area contributed by atoms with Crippen LogP contribution in [0.25, 0.3) is 0 Å². The standard InChI is InChI=1S/C13H20FN3O2/c1-17(2)6-4-3-5-16-12-7-9(13(18)19)11(15)8-10(12)14/h7-8,16H,3-6,15H2,1-2H3,(H,18,19). The van der Waals surface area contributed by atoms with Crippen LogP contribution in [0.15, 0.2) is 12.1 Å². The summed E-state index contributed by atoms with van der Waals surface area (Å²) in [4.78, 5) is 13.0. The van der Waals surface area contributed by atoms with Gasteiger partial charge in [-0.15, -0.1) is 0 Å². The van der Waals surface area contributed by atoms with Crippen molar-refractivity contribution in [2.45, 2.75) is 12.8 Å². The predicted molar refractivity (Wildman–Crippen MR) is 74.0 cm³/mol. The first-order valence-electron chi connectivity index (χ1n) is 6.12. The normalized spacial score (nSPS) is 10.7. The summed E-state index contributed by atoms with van der Waals surface area (Å²) in [7, 11) is 3.98. The van der Waals surface area contributed by atoms with Gasteiger partial charge in [0.2, 0.25) is 0 Å². The number of hydrogen-bond donors (Lipinski definition) is 3. The van der Waals surface area contributed by atoms with E-state index >= 15 is 0 Å². The maximum absolute atomic E-state index is 13.6. The van der Waals surface area contributed by atoms with E-state index in [-0.39, 0.29) is 16.9 Å². The minimum Gasteiger partial charge on any atom is -0.478 e. The number of nitrogens with two attached hydrogens (primary N) is 1. The number of carboxylic acids is 1. The van der Waals surface area contributed by atoms with E-state index in [0.29, 0.717) is 6.54 Å². The lowest BCUT2D eigenvalue weighted by Crippen LogP contribution is -2.14. The molecule has 1 aromatic rings. The van der Waals surface area contributed by atoms with E-state index in [1.165, 1.54) is 6.07 Å². The van der Waals surface area contributed by atoms with E-state index < -0.39 is 11.8 Å². The summed E-state index contributed by atoms with van der Waals surface area (Å²) in [6.07, 6.45) is 1.87. The molecule has 0 aromatic heterocycles. The number of carboxylic acid groups (broad SMARTS) is 1. The Labute approximate surface area is 112 Å². The third-order valence-electron chi connectivity index (χ3n) is 2.72. The molecular formula is C13H20FN3O2. The van der Waals surface area contributed by atoms with Gasteiger partial charge >= 0.3 is 5.97 Å². The second-order valence-corrected chi connectivity index (χ2v) is 4.66. The van der Waals surface area contributed by atoms with E-state index in [9.17, 15) is 9.18 Å². The number of anilines is 2. The summed E-state index contributed by atoms with van der Waals surface area (Å²) in [5, 5.41) is 11.8. The first kappa shape index (κ1) is 15.2. The summed E-state index contributed by atoms with van der Waals surface area (Å²) in [5.74, 6) is -1.69. The third kappa shape index (κ3) is 4.75. The van der Waals surface area contributed by atoms with Crippen LogP contribution < -0.4 is 11.1 Å². The van der Waals surface area contributed by atoms with Gasteiger partial charge < -0.3 is 21.1 Å². The van der Waals surface area contributed by atoms with Crippen molar-refractivity contribution in [3.05, 3.63) is 23.5 Å². The lowest BCUT2D eigenvalue weighted by atomic mass is 10.1. The van der Waals surface area contributed by atoms with Crippen molar-refractivity contribution in [1.82, 2.24) is 4.90 Å². The number of aromatic carboxylic acids is 1. The van der Waals surface area contributed by atoms with Crippen LogP contribution in [0.2, 0.25) is 0 Å². The number of halogens is 1. The summed E-state index contributed by atoms with van der Waals surface area (Å²) >= 11 is 0. The van der Waals surface area contributed by atoms with Gasteiger partial charge in [0.25, 0.3) is 0 Å². The number of unbranched alkanes of at least 4 members (excludes halogenated alkanes) is 1. The maximum Gasteiger partial charge on any atom is 0.337 e. The van der Waals surface area contributed by atoms with E-state index in [1.807, 2.05) is 14.1 Å². The van der Waals surface area contributed by atoms with Gasteiger partial charge in [-0.05, 0) is 45.6 Å². The largest absolute Gasteiger partial charge is 0.478 e. The Bertz CT molecular complexity index is 450. The van der Waals surface area contributed by atoms with Gasteiger partial charge in [0.1, 0.15) is 5.82 Å². The molecule has 0 atom stereocenters. The van der Waals surface area contributed by atoms with Gasteiger partial charge in [0.15, 0.2) is 0 Å². The topological polar surface area (TPSA) is 78.6 Å². The van der Waals surface area contributed by atoms with Crippen molar-refractivity contribution in [3.8, 4) is 0 Å². The zero-order valence-electron chi connectivity index (χ0n) is 11.2. The number of rotatable bonds is 7. The molecular weight excluding hydrogens is 249 g/mol. The number of benzene rings is 1. The highest BCUT2D eigenvalue weighted by Crippen LogP contribution is 2.22.